The van der Waals surface area contributed by atoms with Crippen molar-refractivity contribution < 1.29 is 28.3 Å². The van der Waals surface area contributed by atoms with E-state index in [0.717, 1.165) is 12.1 Å². The summed E-state index contributed by atoms with van der Waals surface area (Å²) in [5, 5.41) is 10.8. The molecule has 0 aromatic heterocycles. The van der Waals surface area contributed by atoms with Crippen LogP contribution in [0.25, 0.3) is 0 Å². The van der Waals surface area contributed by atoms with Gasteiger partial charge in [-0.15, -0.1) is 0 Å². The van der Waals surface area contributed by atoms with Gasteiger partial charge in [-0.05, 0) is 25.1 Å². The average molecular weight is 436 g/mol. The molecule has 0 radical (unpaired) electrons. The van der Waals surface area contributed by atoms with Gasteiger partial charge < -0.3 is 14.2 Å². The fraction of sp³-hybridized carbons (Fsp3) is 0.611. The first-order valence-corrected chi connectivity index (χ1v) is 13.1. The normalized spacial score (nSPS) is 12.5. The molecule has 1 atom stereocenters. The minimum Gasteiger partial charge on any atom is -0.467 e. The van der Waals surface area contributed by atoms with Gasteiger partial charge in [-0.2, -0.15) is 0 Å². The number of halogens is 2. The Kier molecular flexibility index (Phi) is 9.84. The number of carbonyl (C=O) groups is 1. The highest BCUT2D eigenvalue weighted by Crippen LogP contribution is 2.37. The van der Waals surface area contributed by atoms with Crippen LogP contribution in [0, 0.1) is 15.9 Å². The number of hydrogen-bond donors (Lipinski definition) is 0. The quantitative estimate of drug-likeness (QED) is 0.120. The van der Waals surface area contributed by atoms with Gasteiger partial charge in [0.25, 0.3) is 0 Å². The third-order valence-electron chi connectivity index (χ3n) is 3.88. The second-order valence-corrected chi connectivity index (χ2v) is 13.5. The molecular formula is C18H27ClFNO6Si. The lowest BCUT2D eigenvalue weighted by Gasteiger charge is -2.20. The molecule has 0 bridgehead atoms. The Bertz CT molecular complexity index is 683. The monoisotopic (exact) mass is 435 g/mol. The molecule has 0 aliphatic heterocycles. The topological polar surface area (TPSA) is 87.9 Å². The number of rotatable bonds is 12. The fourth-order valence-electron chi connectivity index (χ4n) is 2.46. The highest BCUT2D eigenvalue weighted by molar-refractivity contribution is 6.76. The molecule has 0 fully saturated rings. The summed E-state index contributed by atoms with van der Waals surface area (Å²) >= 11 is 6.07. The Labute approximate surface area is 170 Å². The molecule has 10 heteroatoms. The fourth-order valence-corrected chi connectivity index (χ4v) is 3.52. The van der Waals surface area contributed by atoms with E-state index in [1.165, 1.54) is 6.07 Å². The van der Waals surface area contributed by atoms with Gasteiger partial charge in [-0.3, -0.25) is 14.9 Å². The minimum absolute atomic E-state index is 0.0696. The van der Waals surface area contributed by atoms with Crippen LogP contribution in [-0.4, -0.2) is 45.5 Å². The van der Waals surface area contributed by atoms with Gasteiger partial charge in [0.05, 0.1) is 24.0 Å². The smallest absolute Gasteiger partial charge is 0.306 e. The second kappa shape index (κ2) is 11.3. The summed E-state index contributed by atoms with van der Waals surface area (Å²) < 4.78 is 29.9. The Morgan fingerprint density at radius 1 is 1.36 bits per heavy atom. The summed E-state index contributed by atoms with van der Waals surface area (Å²) in [5.74, 6) is -2.22. The standard InChI is InChI=1S/C18H27ClFNO6Si/c1-5-26-16(22)10-13(11-21(23)24)17-15(7-6-14(20)18(17)19)27-12-25-8-9-28(2,3)4/h6-7,13H,5,8-12H2,1-4H3/t13-/m0/s1. The van der Waals surface area contributed by atoms with Gasteiger partial charge in [-0.1, -0.05) is 31.2 Å². The number of benzene rings is 1. The van der Waals surface area contributed by atoms with E-state index in [0.29, 0.717) is 6.61 Å². The highest BCUT2D eigenvalue weighted by atomic mass is 35.5. The molecule has 0 heterocycles. The van der Waals surface area contributed by atoms with Crippen LogP contribution in [0.2, 0.25) is 30.7 Å². The van der Waals surface area contributed by atoms with Gasteiger partial charge in [0.2, 0.25) is 6.54 Å². The number of nitrogens with zero attached hydrogens (tertiary/aromatic N) is 1. The van der Waals surface area contributed by atoms with Crippen molar-refractivity contribution >= 4 is 25.6 Å². The van der Waals surface area contributed by atoms with E-state index in [9.17, 15) is 19.3 Å². The lowest BCUT2D eigenvalue weighted by molar-refractivity contribution is -0.483. The second-order valence-electron chi connectivity index (χ2n) is 7.48. The maximum absolute atomic E-state index is 14.0. The summed E-state index contributed by atoms with van der Waals surface area (Å²) in [6.45, 7) is 8.20. The molecular weight excluding hydrogens is 409 g/mol. The zero-order valence-corrected chi connectivity index (χ0v) is 18.4. The van der Waals surface area contributed by atoms with Gasteiger partial charge in [0.15, 0.2) is 6.79 Å². The molecule has 7 nitrogen and oxygen atoms in total. The van der Waals surface area contributed by atoms with E-state index < -0.39 is 37.2 Å². The van der Waals surface area contributed by atoms with Gasteiger partial charge in [-0.25, -0.2) is 4.39 Å². The predicted molar refractivity (Wildman–Crippen MR) is 107 cm³/mol. The summed E-state index contributed by atoms with van der Waals surface area (Å²) in [6, 6.07) is 3.38. The van der Waals surface area contributed by atoms with Crippen LogP contribution in [-0.2, 0) is 14.3 Å². The summed E-state index contributed by atoms with van der Waals surface area (Å²) in [5.41, 5.74) is 0.0696. The number of carbonyl (C=O) groups excluding carboxylic acids is 1. The summed E-state index contributed by atoms with van der Waals surface area (Å²) in [6.07, 6.45) is -0.315. The molecule has 0 aliphatic carbocycles. The number of ether oxygens (including phenoxy) is 3. The molecule has 158 valence electrons. The van der Waals surface area contributed by atoms with E-state index in [4.69, 9.17) is 25.8 Å². The Morgan fingerprint density at radius 2 is 2.04 bits per heavy atom. The Morgan fingerprint density at radius 3 is 2.61 bits per heavy atom. The van der Waals surface area contributed by atoms with Crippen molar-refractivity contribution in [2.24, 2.45) is 0 Å². The molecule has 0 saturated heterocycles. The molecule has 1 aromatic carbocycles. The molecule has 1 aromatic rings. The zero-order valence-electron chi connectivity index (χ0n) is 16.6. The minimum atomic E-state index is -1.25. The largest absolute Gasteiger partial charge is 0.467 e. The number of nitro groups is 1. The Hall–Kier alpha value is -1.71. The molecule has 0 spiro atoms. The van der Waals surface area contributed by atoms with Crippen LogP contribution < -0.4 is 4.74 Å². The van der Waals surface area contributed by atoms with Crippen molar-refractivity contribution in [3.05, 3.63) is 38.7 Å². The van der Waals surface area contributed by atoms with Crippen LogP contribution in [0.1, 0.15) is 24.8 Å². The Balaban J connectivity index is 3.00. The molecule has 0 saturated carbocycles. The molecule has 0 amide bonds. The maximum atomic E-state index is 14.0. The van der Waals surface area contributed by atoms with E-state index in [1.807, 2.05) is 0 Å². The van der Waals surface area contributed by atoms with Crippen molar-refractivity contribution in [1.82, 2.24) is 0 Å². The molecule has 1 rings (SSSR count). The average Bonchev–Trinajstić information content (AvgIpc) is 2.56. The van der Waals surface area contributed by atoms with Crippen molar-refractivity contribution in [3.63, 3.8) is 0 Å². The van der Waals surface area contributed by atoms with E-state index >= 15 is 0 Å². The first-order valence-electron chi connectivity index (χ1n) is 9.01. The van der Waals surface area contributed by atoms with Crippen molar-refractivity contribution in [2.45, 2.75) is 44.9 Å². The number of hydrogen-bond acceptors (Lipinski definition) is 6. The van der Waals surface area contributed by atoms with Gasteiger partial charge in [0, 0.05) is 25.2 Å². The molecule has 28 heavy (non-hydrogen) atoms. The third-order valence-corrected chi connectivity index (χ3v) is 5.97. The molecule has 0 unspecified atom stereocenters. The summed E-state index contributed by atoms with van der Waals surface area (Å²) in [7, 11) is -1.25. The van der Waals surface area contributed by atoms with Crippen molar-refractivity contribution in [3.8, 4) is 5.75 Å². The highest BCUT2D eigenvalue weighted by Gasteiger charge is 2.29. The van der Waals surface area contributed by atoms with E-state index in [2.05, 4.69) is 19.6 Å². The van der Waals surface area contributed by atoms with E-state index in [1.54, 1.807) is 6.92 Å². The molecule has 0 N–H and O–H groups in total. The number of esters is 1. The third kappa shape index (κ3) is 8.53. The SMILES string of the molecule is CCOC(=O)C[C@@H](C[N+](=O)[O-])c1c(OCOCC[Si](C)(C)C)ccc(F)c1Cl. The lowest BCUT2D eigenvalue weighted by atomic mass is 9.94. The van der Waals surface area contributed by atoms with Crippen LogP contribution in [0.3, 0.4) is 0 Å². The predicted octanol–water partition coefficient (Wildman–Crippen LogP) is 4.48. The van der Waals surface area contributed by atoms with Crippen molar-refractivity contribution in [2.75, 3.05) is 26.6 Å². The maximum Gasteiger partial charge on any atom is 0.306 e. The first-order chi connectivity index (χ1) is 13.0. The van der Waals surface area contributed by atoms with Crippen molar-refractivity contribution in [1.29, 1.82) is 0 Å². The van der Waals surface area contributed by atoms with Crippen LogP contribution >= 0.6 is 11.6 Å². The zero-order chi connectivity index (χ0) is 21.3. The summed E-state index contributed by atoms with van der Waals surface area (Å²) in [4.78, 5) is 22.4. The lowest BCUT2D eigenvalue weighted by Crippen LogP contribution is -2.22. The van der Waals surface area contributed by atoms with Gasteiger partial charge in [0.1, 0.15) is 11.6 Å². The van der Waals surface area contributed by atoms with Gasteiger partial charge >= 0.3 is 5.97 Å². The van der Waals surface area contributed by atoms with E-state index in [-0.39, 0.29) is 36.2 Å². The van der Waals surface area contributed by atoms with Crippen LogP contribution in [0.15, 0.2) is 12.1 Å². The van der Waals surface area contributed by atoms with Crippen LogP contribution in [0.5, 0.6) is 5.75 Å². The molecule has 0 aliphatic rings. The first kappa shape index (κ1) is 24.3. The van der Waals surface area contributed by atoms with Crippen LogP contribution in [0.4, 0.5) is 4.39 Å².